The number of carbonyl (C=O) groups excluding carboxylic acids is 1. The Bertz CT molecular complexity index is 679. The summed E-state index contributed by atoms with van der Waals surface area (Å²) in [4.78, 5) is 18.9. The molecule has 1 heterocycles. The van der Waals surface area contributed by atoms with Crippen molar-refractivity contribution >= 4 is 17.4 Å². The van der Waals surface area contributed by atoms with Gasteiger partial charge in [0.2, 0.25) is 0 Å². The molecule has 134 valence electrons. The summed E-state index contributed by atoms with van der Waals surface area (Å²) in [5.74, 6) is 1.35. The number of aromatic nitrogens is 1. The molecule has 1 N–H and O–H groups in total. The van der Waals surface area contributed by atoms with E-state index in [2.05, 4.69) is 22.1 Å². The fourth-order valence-corrected chi connectivity index (χ4v) is 2.34. The van der Waals surface area contributed by atoms with Crippen LogP contribution in [0.4, 0.5) is 11.5 Å². The topological polar surface area (TPSA) is 63.7 Å². The number of ether oxygens (including phenoxy) is 2. The van der Waals surface area contributed by atoms with Crippen LogP contribution in [-0.2, 0) is 0 Å². The third-order valence-corrected chi connectivity index (χ3v) is 3.89. The first kappa shape index (κ1) is 18.6. The third-order valence-electron chi connectivity index (χ3n) is 3.89. The van der Waals surface area contributed by atoms with Crippen LogP contribution in [0.3, 0.4) is 0 Å². The van der Waals surface area contributed by atoms with Crippen LogP contribution in [0.15, 0.2) is 36.5 Å². The zero-order valence-corrected chi connectivity index (χ0v) is 15.2. The number of hydrogen-bond donors (Lipinski definition) is 1. The number of nitrogens with zero attached hydrogens (tertiary/aromatic N) is 2. The number of anilines is 2. The molecule has 25 heavy (non-hydrogen) atoms. The average molecular weight is 343 g/mol. The Morgan fingerprint density at radius 2 is 1.84 bits per heavy atom. The summed E-state index contributed by atoms with van der Waals surface area (Å²) >= 11 is 0. The number of pyridine rings is 1. The fourth-order valence-electron chi connectivity index (χ4n) is 2.34. The van der Waals surface area contributed by atoms with Gasteiger partial charge in [0.05, 0.1) is 26.1 Å². The Labute approximate surface area is 148 Å². The van der Waals surface area contributed by atoms with E-state index in [-0.39, 0.29) is 5.91 Å². The van der Waals surface area contributed by atoms with Gasteiger partial charge in [-0.05, 0) is 30.7 Å². The molecule has 0 aliphatic carbocycles. The summed E-state index contributed by atoms with van der Waals surface area (Å²) in [5, 5.41) is 2.79. The summed E-state index contributed by atoms with van der Waals surface area (Å²) < 4.78 is 10.4. The van der Waals surface area contributed by atoms with Gasteiger partial charge < -0.3 is 19.7 Å². The Morgan fingerprint density at radius 3 is 2.36 bits per heavy atom. The molecule has 0 spiro atoms. The van der Waals surface area contributed by atoms with Crippen molar-refractivity contribution in [3.63, 3.8) is 0 Å². The van der Waals surface area contributed by atoms with Gasteiger partial charge in [0.1, 0.15) is 17.3 Å². The molecule has 1 aromatic heterocycles. The molecule has 0 fully saturated rings. The van der Waals surface area contributed by atoms with E-state index < -0.39 is 0 Å². The SMILES string of the molecule is CCCCN(C)c1ccc(NC(=O)c2cc(OC)cc(OC)c2)nc1. The van der Waals surface area contributed by atoms with Gasteiger partial charge in [-0.1, -0.05) is 13.3 Å². The van der Waals surface area contributed by atoms with Crippen LogP contribution in [-0.4, -0.2) is 38.7 Å². The minimum atomic E-state index is -0.267. The van der Waals surface area contributed by atoms with Crippen LogP contribution >= 0.6 is 0 Å². The standard InChI is InChI=1S/C19H25N3O3/c1-5-6-9-22(2)15-7-8-18(20-13-15)21-19(23)14-10-16(24-3)12-17(11-14)25-4/h7-8,10-13H,5-6,9H2,1-4H3,(H,20,21,23). The molecule has 2 aromatic rings. The van der Waals surface area contributed by atoms with Gasteiger partial charge in [-0.2, -0.15) is 0 Å². The maximum atomic E-state index is 12.4. The molecule has 0 saturated carbocycles. The van der Waals surface area contributed by atoms with Crippen LogP contribution < -0.4 is 19.7 Å². The largest absolute Gasteiger partial charge is 0.497 e. The van der Waals surface area contributed by atoms with Crippen LogP contribution in [0.25, 0.3) is 0 Å². The van der Waals surface area contributed by atoms with Crippen molar-refractivity contribution in [3.8, 4) is 11.5 Å². The van der Waals surface area contributed by atoms with E-state index in [4.69, 9.17) is 9.47 Å². The second kappa shape index (κ2) is 8.92. The van der Waals surface area contributed by atoms with Crippen molar-refractivity contribution in [2.24, 2.45) is 0 Å². The second-order valence-corrected chi connectivity index (χ2v) is 5.73. The highest BCUT2D eigenvalue weighted by molar-refractivity contribution is 6.04. The van der Waals surface area contributed by atoms with Crippen LogP contribution in [0.5, 0.6) is 11.5 Å². The molecule has 6 nitrogen and oxygen atoms in total. The quantitative estimate of drug-likeness (QED) is 0.793. The molecule has 1 amide bonds. The molecule has 6 heteroatoms. The van der Waals surface area contributed by atoms with Crippen LogP contribution in [0.1, 0.15) is 30.1 Å². The zero-order valence-electron chi connectivity index (χ0n) is 15.2. The van der Waals surface area contributed by atoms with E-state index in [1.807, 2.05) is 13.1 Å². The van der Waals surface area contributed by atoms with E-state index in [0.717, 1.165) is 25.1 Å². The molecule has 0 bridgehead atoms. The molecular formula is C19H25N3O3. The number of methoxy groups -OCH3 is 2. The van der Waals surface area contributed by atoms with Crippen molar-refractivity contribution in [1.82, 2.24) is 4.98 Å². The predicted molar refractivity (Wildman–Crippen MR) is 99.9 cm³/mol. The third kappa shape index (κ3) is 5.11. The lowest BCUT2D eigenvalue weighted by Crippen LogP contribution is -2.19. The smallest absolute Gasteiger partial charge is 0.257 e. The maximum absolute atomic E-state index is 12.4. The second-order valence-electron chi connectivity index (χ2n) is 5.73. The number of rotatable bonds is 8. The monoisotopic (exact) mass is 343 g/mol. The number of carbonyl (C=O) groups is 1. The summed E-state index contributed by atoms with van der Waals surface area (Å²) in [6, 6.07) is 8.78. The summed E-state index contributed by atoms with van der Waals surface area (Å²) in [7, 11) is 5.13. The van der Waals surface area contributed by atoms with E-state index in [0.29, 0.717) is 22.9 Å². The zero-order chi connectivity index (χ0) is 18.2. The van der Waals surface area contributed by atoms with E-state index in [1.165, 1.54) is 0 Å². The van der Waals surface area contributed by atoms with Crippen molar-refractivity contribution in [1.29, 1.82) is 0 Å². The first-order chi connectivity index (χ1) is 12.1. The van der Waals surface area contributed by atoms with E-state index in [9.17, 15) is 4.79 Å². The molecule has 0 unspecified atom stereocenters. The summed E-state index contributed by atoms with van der Waals surface area (Å²) in [6.45, 7) is 3.14. The van der Waals surface area contributed by atoms with Gasteiger partial charge in [0.25, 0.3) is 5.91 Å². The fraction of sp³-hybridized carbons (Fsp3) is 0.368. The summed E-state index contributed by atoms with van der Waals surface area (Å²) in [5.41, 5.74) is 1.47. The van der Waals surface area contributed by atoms with Gasteiger partial charge in [0.15, 0.2) is 0 Å². The Kier molecular flexibility index (Phi) is 6.62. The number of nitrogens with one attached hydrogen (secondary N) is 1. The Morgan fingerprint density at radius 1 is 1.16 bits per heavy atom. The van der Waals surface area contributed by atoms with Gasteiger partial charge >= 0.3 is 0 Å². The lowest BCUT2D eigenvalue weighted by Gasteiger charge is -2.18. The van der Waals surface area contributed by atoms with Crippen LogP contribution in [0.2, 0.25) is 0 Å². The Hall–Kier alpha value is -2.76. The summed E-state index contributed by atoms with van der Waals surface area (Å²) in [6.07, 6.45) is 4.04. The number of benzene rings is 1. The highest BCUT2D eigenvalue weighted by Crippen LogP contribution is 2.23. The molecular weight excluding hydrogens is 318 g/mol. The van der Waals surface area contributed by atoms with Crippen molar-refractivity contribution < 1.29 is 14.3 Å². The van der Waals surface area contributed by atoms with Crippen molar-refractivity contribution in [2.75, 3.05) is 38.0 Å². The lowest BCUT2D eigenvalue weighted by molar-refractivity contribution is 0.102. The number of unbranched alkanes of at least 4 members (excludes halogenated alkanes) is 1. The number of amides is 1. The van der Waals surface area contributed by atoms with Crippen LogP contribution in [0, 0.1) is 0 Å². The molecule has 0 radical (unpaired) electrons. The van der Waals surface area contributed by atoms with Gasteiger partial charge in [-0.15, -0.1) is 0 Å². The first-order valence-electron chi connectivity index (χ1n) is 8.29. The van der Waals surface area contributed by atoms with E-state index >= 15 is 0 Å². The Balaban J connectivity index is 2.08. The highest BCUT2D eigenvalue weighted by atomic mass is 16.5. The minimum Gasteiger partial charge on any atom is -0.497 e. The lowest BCUT2D eigenvalue weighted by atomic mass is 10.2. The van der Waals surface area contributed by atoms with Crippen molar-refractivity contribution in [3.05, 3.63) is 42.1 Å². The average Bonchev–Trinajstić information content (AvgIpc) is 2.66. The maximum Gasteiger partial charge on any atom is 0.257 e. The molecule has 0 atom stereocenters. The molecule has 0 aliphatic rings. The molecule has 0 aliphatic heterocycles. The normalized spacial score (nSPS) is 10.2. The molecule has 0 saturated heterocycles. The van der Waals surface area contributed by atoms with Gasteiger partial charge in [0, 0.05) is 25.2 Å². The predicted octanol–water partition coefficient (Wildman–Crippen LogP) is 3.59. The number of hydrogen-bond acceptors (Lipinski definition) is 5. The van der Waals surface area contributed by atoms with Gasteiger partial charge in [-0.3, -0.25) is 4.79 Å². The molecule has 1 aromatic carbocycles. The van der Waals surface area contributed by atoms with Gasteiger partial charge in [-0.25, -0.2) is 4.98 Å². The van der Waals surface area contributed by atoms with Crippen molar-refractivity contribution in [2.45, 2.75) is 19.8 Å². The first-order valence-corrected chi connectivity index (χ1v) is 8.29. The minimum absolute atomic E-state index is 0.267. The van der Waals surface area contributed by atoms with E-state index in [1.54, 1.807) is 44.7 Å². The highest BCUT2D eigenvalue weighted by Gasteiger charge is 2.11. The molecule has 2 rings (SSSR count).